The molecule has 0 radical (unpaired) electrons. The summed E-state index contributed by atoms with van der Waals surface area (Å²) in [6.07, 6.45) is 0.729. The minimum Gasteiger partial charge on any atom is -0.383 e. The van der Waals surface area contributed by atoms with Gasteiger partial charge in [-0.1, -0.05) is 16.9 Å². The number of thioether (sulfide) groups is 1. The van der Waals surface area contributed by atoms with Crippen molar-refractivity contribution in [2.24, 2.45) is 5.11 Å². The number of azide groups is 1. The van der Waals surface area contributed by atoms with Crippen LogP contribution in [0.25, 0.3) is 10.4 Å². The highest BCUT2D eigenvalue weighted by Crippen LogP contribution is 2.12. The Hall–Kier alpha value is -1.66. The molecule has 15 heavy (non-hydrogen) atoms. The molecule has 80 valence electrons. The number of nitrogens with one attached hydrogen (secondary N) is 1. The maximum Gasteiger partial charge on any atom is 0.253 e. The Kier molecular flexibility index (Phi) is 4.52. The molecule has 0 saturated heterocycles. The molecule has 0 aliphatic heterocycles. The fourth-order valence-corrected chi connectivity index (χ4v) is 1.68. The molecule has 7 nitrogen and oxygen atoms in total. The van der Waals surface area contributed by atoms with E-state index in [0.717, 1.165) is 6.42 Å². The second kappa shape index (κ2) is 5.94. The summed E-state index contributed by atoms with van der Waals surface area (Å²) in [6.45, 7) is 0.441. The van der Waals surface area contributed by atoms with Crippen molar-refractivity contribution < 1.29 is 0 Å². The summed E-state index contributed by atoms with van der Waals surface area (Å²) in [5, 5.41) is 3.88. The second-order valence-electron chi connectivity index (χ2n) is 2.63. The molecule has 1 rings (SSSR count). The normalized spacial score (nSPS) is 9.60. The van der Waals surface area contributed by atoms with E-state index in [1.54, 1.807) is 0 Å². The highest BCUT2D eigenvalue weighted by Gasteiger charge is 1.98. The van der Waals surface area contributed by atoms with Crippen LogP contribution in [0.4, 0.5) is 5.82 Å². The van der Waals surface area contributed by atoms with Crippen LogP contribution in [-0.4, -0.2) is 22.3 Å². The van der Waals surface area contributed by atoms with Gasteiger partial charge in [-0.2, -0.15) is 0 Å². The van der Waals surface area contributed by atoms with E-state index in [4.69, 9.17) is 11.3 Å². The summed E-state index contributed by atoms with van der Waals surface area (Å²) in [6, 6.07) is 1.23. The van der Waals surface area contributed by atoms with Crippen molar-refractivity contribution in [2.75, 3.05) is 18.0 Å². The number of aromatic amines is 1. The van der Waals surface area contributed by atoms with Crippen molar-refractivity contribution >= 4 is 17.6 Å². The first-order valence-electron chi connectivity index (χ1n) is 4.23. The molecule has 0 unspecified atom stereocenters. The van der Waals surface area contributed by atoms with Crippen molar-refractivity contribution in [2.45, 2.75) is 11.6 Å². The van der Waals surface area contributed by atoms with Crippen LogP contribution in [0.15, 0.2) is 21.1 Å². The lowest BCUT2D eigenvalue weighted by atomic mass is 10.5. The molecular weight excluding hydrogens is 216 g/mol. The van der Waals surface area contributed by atoms with Crippen molar-refractivity contribution in [1.82, 2.24) is 9.97 Å². The Balaban J connectivity index is 2.43. The molecule has 0 spiro atoms. The molecule has 1 aromatic rings. The van der Waals surface area contributed by atoms with E-state index in [9.17, 15) is 4.79 Å². The first-order valence-corrected chi connectivity index (χ1v) is 5.21. The molecule has 0 aromatic carbocycles. The van der Waals surface area contributed by atoms with E-state index < -0.39 is 0 Å². The van der Waals surface area contributed by atoms with Crippen molar-refractivity contribution in [3.8, 4) is 0 Å². The Morgan fingerprint density at radius 1 is 1.73 bits per heavy atom. The molecule has 0 saturated carbocycles. The van der Waals surface area contributed by atoms with Crippen LogP contribution in [0.1, 0.15) is 6.42 Å². The largest absolute Gasteiger partial charge is 0.383 e. The lowest BCUT2D eigenvalue weighted by molar-refractivity contribution is 0.912. The number of aromatic nitrogens is 2. The van der Waals surface area contributed by atoms with Crippen molar-refractivity contribution in [1.29, 1.82) is 0 Å². The molecule has 8 heteroatoms. The summed E-state index contributed by atoms with van der Waals surface area (Å²) in [5.41, 5.74) is 13.2. The molecule has 1 heterocycles. The smallest absolute Gasteiger partial charge is 0.253 e. The summed E-state index contributed by atoms with van der Waals surface area (Å²) >= 11 is 1.37. The summed E-state index contributed by atoms with van der Waals surface area (Å²) in [5.74, 6) is 0.919. The molecule has 0 aliphatic carbocycles. The SMILES string of the molecule is [N-]=[N+]=NCCCSc1nc(N)cc(=O)[nH]1. The van der Waals surface area contributed by atoms with Crippen LogP contribution in [0.5, 0.6) is 0 Å². The lowest BCUT2D eigenvalue weighted by Crippen LogP contribution is -2.09. The highest BCUT2D eigenvalue weighted by atomic mass is 32.2. The zero-order chi connectivity index (χ0) is 11.1. The van der Waals surface area contributed by atoms with Crippen LogP contribution >= 0.6 is 11.8 Å². The standard InChI is InChI=1S/C7H10N6OS/c8-5-4-6(14)12-7(11-5)15-3-1-2-10-13-9/h4H,1-3H2,(H3,8,11,12,14). The molecule has 0 fully saturated rings. The van der Waals surface area contributed by atoms with E-state index in [-0.39, 0.29) is 11.4 Å². The van der Waals surface area contributed by atoms with E-state index in [1.807, 2.05) is 0 Å². The molecule has 0 aliphatic rings. The van der Waals surface area contributed by atoms with Gasteiger partial charge >= 0.3 is 0 Å². The number of rotatable bonds is 5. The van der Waals surface area contributed by atoms with Crippen LogP contribution < -0.4 is 11.3 Å². The first-order chi connectivity index (χ1) is 7.22. The molecule has 1 aromatic heterocycles. The number of nitrogens with zero attached hydrogens (tertiary/aromatic N) is 4. The summed E-state index contributed by atoms with van der Waals surface area (Å²) in [7, 11) is 0. The van der Waals surface area contributed by atoms with E-state index in [1.165, 1.54) is 17.8 Å². The third kappa shape index (κ3) is 4.39. The predicted molar refractivity (Wildman–Crippen MR) is 58.6 cm³/mol. The number of nitrogen functional groups attached to an aromatic ring is 1. The lowest BCUT2D eigenvalue weighted by Gasteiger charge is -1.99. The summed E-state index contributed by atoms with van der Waals surface area (Å²) < 4.78 is 0. The number of hydrogen-bond donors (Lipinski definition) is 2. The third-order valence-corrected chi connectivity index (χ3v) is 2.40. The highest BCUT2D eigenvalue weighted by molar-refractivity contribution is 7.99. The quantitative estimate of drug-likeness (QED) is 0.195. The molecule has 0 amide bonds. The maximum atomic E-state index is 11.0. The van der Waals surface area contributed by atoms with Crippen LogP contribution in [0.3, 0.4) is 0 Å². The molecule has 0 atom stereocenters. The van der Waals surface area contributed by atoms with E-state index >= 15 is 0 Å². The van der Waals surface area contributed by atoms with Crippen molar-refractivity contribution in [3.05, 3.63) is 26.9 Å². The zero-order valence-electron chi connectivity index (χ0n) is 7.88. The fourth-order valence-electron chi connectivity index (χ4n) is 0.870. The van der Waals surface area contributed by atoms with Gasteiger partial charge in [0.2, 0.25) is 0 Å². The van der Waals surface area contributed by atoms with Crippen LogP contribution in [0, 0.1) is 0 Å². The van der Waals surface area contributed by atoms with Gasteiger partial charge in [-0.25, -0.2) is 4.98 Å². The third-order valence-electron chi connectivity index (χ3n) is 1.44. The van der Waals surface area contributed by atoms with E-state index in [0.29, 0.717) is 17.5 Å². The fraction of sp³-hybridized carbons (Fsp3) is 0.429. The van der Waals surface area contributed by atoms with Crippen LogP contribution in [-0.2, 0) is 0 Å². The maximum absolute atomic E-state index is 11.0. The molecular formula is C7H10N6OS. The van der Waals surface area contributed by atoms with Gasteiger partial charge in [0.25, 0.3) is 5.56 Å². The van der Waals surface area contributed by atoms with E-state index in [2.05, 4.69) is 20.0 Å². The minimum atomic E-state index is -0.264. The zero-order valence-corrected chi connectivity index (χ0v) is 8.70. The van der Waals surface area contributed by atoms with Gasteiger partial charge in [-0.05, 0) is 12.0 Å². The van der Waals surface area contributed by atoms with Gasteiger partial charge < -0.3 is 10.7 Å². The summed E-state index contributed by atoms with van der Waals surface area (Å²) in [4.78, 5) is 20.1. The Morgan fingerprint density at radius 2 is 2.53 bits per heavy atom. The van der Waals surface area contributed by atoms with Gasteiger partial charge in [0, 0.05) is 23.3 Å². The Morgan fingerprint density at radius 3 is 3.20 bits per heavy atom. The minimum absolute atomic E-state index is 0.205. The predicted octanol–water partition coefficient (Wildman–Crippen LogP) is 1.14. The molecule has 3 N–H and O–H groups in total. The molecule has 0 bridgehead atoms. The van der Waals surface area contributed by atoms with Gasteiger partial charge in [-0.15, -0.1) is 0 Å². The van der Waals surface area contributed by atoms with Crippen LogP contribution in [0.2, 0.25) is 0 Å². The first kappa shape index (κ1) is 11.4. The monoisotopic (exact) mass is 226 g/mol. The van der Waals surface area contributed by atoms with Gasteiger partial charge in [0.15, 0.2) is 5.16 Å². The van der Waals surface area contributed by atoms with Gasteiger partial charge in [0.1, 0.15) is 5.82 Å². The van der Waals surface area contributed by atoms with Gasteiger partial charge in [-0.3, -0.25) is 4.79 Å². The topological polar surface area (TPSA) is 121 Å². The average molecular weight is 226 g/mol. The Labute approximate surface area is 89.7 Å². The second-order valence-corrected chi connectivity index (χ2v) is 3.72. The van der Waals surface area contributed by atoms with Crippen molar-refractivity contribution in [3.63, 3.8) is 0 Å². The number of hydrogen-bond acceptors (Lipinski definition) is 5. The number of H-pyrrole nitrogens is 1. The number of anilines is 1. The number of nitrogens with two attached hydrogens (primary N) is 1. The van der Waals surface area contributed by atoms with Gasteiger partial charge in [0.05, 0.1) is 0 Å². The average Bonchev–Trinajstić information content (AvgIpc) is 2.16. The Bertz CT molecular complexity index is 424.